The van der Waals surface area contributed by atoms with Crippen molar-refractivity contribution in [1.29, 1.82) is 0 Å². The number of likely N-dealkylation sites (tertiary alicyclic amines) is 1. The van der Waals surface area contributed by atoms with Gasteiger partial charge in [-0.1, -0.05) is 0 Å². The van der Waals surface area contributed by atoms with Gasteiger partial charge < -0.3 is 14.5 Å². The molecule has 0 unspecified atom stereocenters. The molecule has 0 spiro atoms. The number of hydrogen-bond acceptors (Lipinski definition) is 6. The first kappa shape index (κ1) is 18.2. The number of carbonyl (C=O) groups excluding carboxylic acids is 2. The molecule has 2 fully saturated rings. The minimum atomic E-state index is -0.595. The quantitative estimate of drug-likeness (QED) is 0.464. The lowest BCUT2D eigenvalue weighted by atomic mass is 9.98. The number of nitro benzene ring substituents is 1. The summed E-state index contributed by atoms with van der Waals surface area (Å²) in [6, 6.07) is 4.64. The fraction of sp³-hybridized carbons (Fsp3) is 0.556. The largest absolute Gasteiger partial charge is 0.465 e. The first-order chi connectivity index (χ1) is 12.5. The summed E-state index contributed by atoms with van der Waals surface area (Å²) in [5.41, 5.74) is 0.572. The standard InChI is InChI=1S/C18H23N3O5/c1-26-18(23)13-5-6-15(16(12-13)21(24)25)19-10-7-14(8-11-19)20-9-3-2-4-17(20)22/h5-6,12,14H,2-4,7-11H2,1H3. The van der Waals surface area contributed by atoms with Crippen molar-refractivity contribution in [2.75, 3.05) is 31.6 Å². The van der Waals surface area contributed by atoms with Crippen molar-refractivity contribution in [2.24, 2.45) is 0 Å². The fourth-order valence-corrected chi connectivity index (χ4v) is 3.81. The van der Waals surface area contributed by atoms with Gasteiger partial charge in [0.1, 0.15) is 5.69 Å². The molecule has 2 aliphatic heterocycles. The second-order valence-electron chi connectivity index (χ2n) is 6.71. The Balaban J connectivity index is 1.73. The summed E-state index contributed by atoms with van der Waals surface area (Å²) in [6.07, 6.45) is 4.23. The summed E-state index contributed by atoms with van der Waals surface area (Å²) in [6.45, 7) is 2.11. The van der Waals surface area contributed by atoms with Crippen LogP contribution >= 0.6 is 0 Å². The van der Waals surface area contributed by atoms with E-state index < -0.39 is 10.9 Å². The molecule has 0 aromatic heterocycles. The van der Waals surface area contributed by atoms with Gasteiger partial charge in [-0.25, -0.2) is 4.79 Å². The van der Waals surface area contributed by atoms with Crippen molar-refractivity contribution >= 4 is 23.3 Å². The molecule has 2 aliphatic rings. The van der Waals surface area contributed by atoms with E-state index in [4.69, 9.17) is 0 Å². The number of anilines is 1. The average molecular weight is 361 g/mol. The number of hydrogen-bond donors (Lipinski definition) is 0. The normalized spacial score (nSPS) is 18.7. The van der Waals surface area contributed by atoms with Crippen LogP contribution in [0.4, 0.5) is 11.4 Å². The minimum absolute atomic E-state index is 0.0969. The third-order valence-corrected chi connectivity index (χ3v) is 5.20. The van der Waals surface area contributed by atoms with Crippen LogP contribution in [-0.2, 0) is 9.53 Å². The predicted molar refractivity (Wildman–Crippen MR) is 95.2 cm³/mol. The summed E-state index contributed by atoms with van der Waals surface area (Å²) in [5.74, 6) is -0.370. The molecule has 8 heteroatoms. The summed E-state index contributed by atoms with van der Waals surface area (Å²) in [5, 5.41) is 11.5. The van der Waals surface area contributed by atoms with Crippen LogP contribution in [0.5, 0.6) is 0 Å². The summed E-state index contributed by atoms with van der Waals surface area (Å²) in [7, 11) is 1.24. The topological polar surface area (TPSA) is 93.0 Å². The first-order valence-electron chi connectivity index (χ1n) is 8.92. The Morgan fingerprint density at radius 3 is 2.58 bits per heavy atom. The number of nitrogens with zero attached hydrogens (tertiary/aromatic N) is 3. The number of benzene rings is 1. The molecule has 26 heavy (non-hydrogen) atoms. The molecule has 0 N–H and O–H groups in total. The van der Waals surface area contributed by atoms with Crippen LogP contribution in [0.3, 0.4) is 0 Å². The van der Waals surface area contributed by atoms with Crippen molar-refractivity contribution in [2.45, 2.75) is 38.1 Å². The Hall–Kier alpha value is -2.64. The second-order valence-corrected chi connectivity index (χ2v) is 6.71. The maximum Gasteiger partial charge on any atom is 0.338 e. The summed E-state index contributed by atoms with van der Waals surface area (Å²) in [4.78, 5) is 38.7. The Labute approximate surface area is 151 Å². The van der Waals surface area contributed by atoms with E-state index in [9.17, 15) is 19.7 Å². The lowest BCUT2D eigenvalue weighted by Gasteiger charge is -2.40. The highest BCUT2D eigenvalue weighted by Crippen LogP contribution is 2.32. The van der Waals surface area contributed by atoms with Gasteiger partial charge in [0.2, 0.25) is 5.91 Å². The van der Waals surface area contributed by atoms with E-state index in [2.05, 4.69) is 4.74 Å². The van der Waals surface area contributed by atoms with Gasteiger partial charge in [-0.2, -0.15) is 0 Å². The number of ether oxygens (including phenoxy) is 1. The van der Waals surface area contributed by atoms with Gasteiger partial charge in [0.15, 0.2) is 0 Å². The van der Waals surface area contributed by atoms with E-state index in [1.54, 1.807) is 12.1 Å². The van der Waals surface area contributed by atoms with Gasteiger partial charge in [0.25, 0.3) is 5.69 Å². The third-order valence-electron chi connectivity index (χ3n) is 5.20. The van der Waals surface area contributed by atoms with Crippen LogP contribution in [0.15, 0.2) is 18.2 Å². The molecule has 2 heterocycles. The molecule has 1 aromatic rings. The van der Waals surface area contributed by atoms with Crippen molar-refractivity contribution in [3.8, 4) is 0 Å². The van der Waals surface area contributed by atoms with E-state index in [0.29, 0.717) is 25.2 Å². The zero-order valence-electron chi connectivity index (χ0n) is 14.8. The number of methoxy groups -OCH3 is 1. The predicted octanol–water partition coefficient (Wildman–Crippen LogP) is 2.36. The van der Waals surface area contributed by atoms with E-state index >= 15 is 0 Å². The SMILES string of the molecule is COC(=O)c1ccc(N2CCC(N3CCCCC3=O)CC2)c([N+](=O)[O-])c1. The lowest BCUT2D eigenvalue weighted by Crippen LogP contribution is -2.49. The van der Waals surface area contributed by atoms with Gasteiger partial charge in [0.05, 0.1) is 17.6 Å². The number of piperidine rings is 2. The smallest absolute Gasteiger partial charge is 0.338 e. The van der Waals surface area contributed by atoms with Crippen molar-refractivity contribution in [3.63, 3.8) is 0 Å². The van der Waals surface area contributed by atoms with E-state index in [0.717, 1.165) is 32.2 Å². The molecule has 0 aliphatic carbocycles. The molecule has 1 aromatic carbocycles. The number of nitro groups is 1. The van der Waals surface area contributed by atoms with Gasteiger partial charge >= 0.3 is 5.97 Å². The zero-order chi connectivity index (χ0) is 18.7. The van der Waals surface area contributed by atoms with Crippen molar-refractivity contribution in [3.05, 3.63) is 33.9 Å². The highest BCUT2D eigenvalue weighted by Gasteiger charge is 2.31. The number of carbonyl (C=O) groups is 2. The average Bonchev–Trinajstić information content (AvgIpc) is 2.67. The first-order valence-corrected chi connectivity index (χ1v) is 8.92. The molecule has 0 radical (unpaired) electrons. The highest BCUT2D eigenvalue weighted by atomic mass is 16.6. The molecular formula is C18H23N3O5. The molecule has 0 bridgehead atoms. The highest BCUT2D eigenvalue weighted by molar-refractivity contribution is 5.91. The Morgan fingerprint density at radius 1 is 1.23 bits per heavy atom. The number of rotatable bonds is 4. The fourth-order valence-electron chi connectivity index (χ4n) is 3.81. The summed E-state index contributed by atoms with van der Waals surface area (Å²) >= 11 is 0. The Bertz CT molecular complexity index is 713. The molecule has 140 valence electrons. The lowest BCUT2D eigenvalue weighted by molar-refractivity contribution is -0.384. The van der Waals surface area contributed by atoms with E-state index in [1.165, 1.54) is 13.2 Å². The molecular weight excluding hydrogens is 338 g/mol. The Kier molecular flexibility index (Phi) is 5.39. The van der Waals surface area contributed by atoms with Crippen molar-refractivity contribution < 1.29 is 19.2 Å². The van der Waals surface area contributed by atoms with Gasteiger partial charge in [-0.3, -0.25) is 14.9 Å². The monoisotopic (exact) mass is 361 g/mol. The van der Waals surface area contributed by atoms with Crippen LogP contribution < -0.4 is 4.90 Å². The second kappa shape index (κ2) is 7.72. The maximum atomic E-state index is 12.1. The van der Waals surface area contributed by atoms with Crippen LogP contribution in [0.25, 0.3) is 0 Å². The van der Waals surface area contributed by atoms with Gasteiger partial charge in [0, 0.05) is 38.2 Å². The maximum absolute atomic E-state index is 12.1. The Morgan fingerprint density at radius 2 is 1.96 bits per heavy atom. The van der Waals surface area contributed by atoms with Crippen LogP contribution in [-0.4, -0.2) is 54.5 Å². The van der Waals surface area contributed by atoms with Crippen LogP contribution in [0, 0.1) is 10.1 Å². The number of esters is 1. The summed E-state index contributed by atoms with van der Waals surface area (Å²) < 4.78 is 4.64. The number of amides is 1. The molecule has 8 nitrogen and oxygen atoms in total. The van der Waals surface area contributed by atoms with Crippen LogP contribution in [0.2, 0.25) is 0 Å². The van der Waals surface area contributed by atoms with Gasteiger partial charge in [-0.15, -0.1) is 0 Å². The van der Waals surface area contributed by atoms with Crippen LogP contribution in [0.1, 0.15) is 42.5 Å². The molecule has 3 rings (SSSR count). The molecule has 0 saturated carbocycles. The molecule has 0 atom stereocenters. The third kappa shape index (κ3) is 3.63. The van der Waals surface area contributed by atoms with E-state index in [-0.39, 0.29) is 23.2 Å². The van der Waals surface area contributed by atoms with E-state index in [1.807, 2.05) is 9.80 Å². The van der Waals surface area contributed by atoms with Gasteiger partial charge in [-0.05, 0) is 37.8 Å². The van der Waals surface area contributed by atoms with Crippen molar-refractivity contribution in [1.82, 2.24) is 4.90 Å². The zero-order valence-corrected chi connectivity index (χ0v) is 14.8. The molecule has 2 saturated heterocycles. The molecule has 1 amide bonds. The minimum Gasteiger partial charge on any atom is -0.465 e.